The van der Waals surface area contributed by atoms with Crippen molar-refractivity contribution >= 4 is 28.9 Å². The lowest BCUT2D eigenvalue weighted by molar-refractivity contribution is -0.110. The first kappa shape index (κ1) is 22.5. The summed E-state index contributed by atoms with van der Waals surface area (Å²) >= 11 is 0. The van der Waals surface area contributed by atoms with E-state index in [1.165, 1.54) is 0 Å². The van der Waals surface area contributed by atoms with Crippen LogP contribution in [0.15, 0.2) is 59.6 Å². The van der Waals surface area contributed by atoms with Crippen LogP contribution in [-0.4, -0.2) is 61.2 Å². The number of benzene rings is 2. The van der Waals surface area contributed by atoms with Gasteiger partial charge in [0.05, 0.1) is 22.9 Å². The second-order valence-corrected chi connectivity index (χ2v) is 7.72. The Morgan fingerprint density at radius 2 is 1.97 bits per heavy atom. The Balaban J connectivity index is 1.31. The third kappa shape index (κ3) is 5.57. The van der Waals surface area contributed by atoms with Crippen LogP contribution >= 0.6 is 0 Å². The molecule has 0 fully saturated rings. The van der Waals surface area contributed by atoms with E-state index < -0.39 is 18.2 Å². The van der Waals surface area contributed by atoms with E-state index in [9.17, 15) is 14.7 Å². The first-order valence-electron chi connectivity index (χ1n) is 10.7. The third-order valence-electron chi connectivity index (χ3n) is 5.23. The Hall–Kier alpha value is -3.69. The zero-order chi connectivity index (χ0) is 23.2. The highest BCUT2D eigenvalue weighted by Gasteiger charge is 2.31. The van der Waals surface area contributed by atoms with E-state index in [0.29, 0.717) is 48.0 Å². The Kier molecular flexibility index (Phi) is 7.01. The van der Waals surface area contributed by atoms with Gasteiger partial charge in [0.25, 0.3) is 5.91 Å². The highest BCUT2D eigenvalue weighted by Crippen LogP contribution is 2.39. The standard InChI is InChI=1S/C24H26N4O5/c1-15-20(28-24(31)26-15)12-18-22-19(27-23(18)30)8-5-9-21(22)33-14-16(29)13-25-10-11-32-17-6-3-2-4-7-17/h2-9,12,16,20,25,29H,10-11,13-14H2,1H3,(H,27,30)(H,28,31). The van der Waals surface area contributed by atoms with Gasteiger partial charge < -0.3 is 30.5 Å². The van der Waals surface area contributed by atoms with E-state index >= 15 is 0 Å². The molecular weight excluding hydrogens is 424 g/mol. The fraction of sp³-hybridized carbons (Fsp3) is 0.292. The van der Waals surface area contributed by atoms with Gasteiger partial charge in [-0.05, 0) is 37.3 Å². The summed E-state index contributed by atoms with van der Waals surface area (Å²) in [6.45, 7) is 3.16. The lowest BCUT2D eigenvalue weighted by Gasteiger charge is -2.16. The van der Waals surface area contributed by atoms with Gasteiger partial charge in [-0.15, -0.1) is 0 Å². The molecule has 9 nitrogen and oxygen atoms in total. The number of hydrogen-bond acceptors (Lipinski definition) is 6. The number of carbonyl (C=O) groups excluding carboxylic acids is 2. The van der Waals surface area contributed by atoms with Gasteiger partial charge in [0.2, 0.25) is 0 Å². The van der Waals surface area contributed by atoms with Crippen molar-refractivity contribution in [3.05, 3.63) is 60.2 Å². The van der Waals surface area contributed by atoms with Crippen LogP contribution in [0.5, 0.6) is 11.5 Å². The van der Waals surface area contributed by atoms with E-state index in [1.54, 1.807) is 31.2 Å². The molecule has 2 aliphatic rings. The predicted molar refractivity (Wildman–Crippen MR) is 125 cm³/mol. The molecule has 33 heavy (non-hydrogen) atoms. The van der Waals surface area contributed by atoms with Crippen LogP contribution in [0.2, 0.25) is 0 Å². The van der Waals surface area contributed by atoms with Crippen LogP contribution in [0.1, 0.15) is 12.5 Å². The minimum absolute atomic E-state index is 0.0467. The summed E-state index contributed by atoms with van der Waals surface area (Å²) in [4.78, 5) is 27.9. The number of carbonyl (C=O) groups is 2. The Morgan fingerprint density at radius 1 is 1.15 bits per heavy atom. The summed E-state index contributed by atoms with van der Waals surface area (Å²) in [7, 11) is 0. The number of rotatable bonds is 10. The number of urea groups is 1. The molecule has 9 heteroatoms. The fourth-order valence-corrected chi connectivity index (χ4v) is 3.60. The average molecular weight is 450 g/mol. The molecule has 0 spiro atoms. The summed E-state index contributed by atoms with van der Waals surface area (Å²) < 4.78 is 11.5. The molecule has 2 atom stereocenters. The Morgan fingerprint density at radius 3 is 2.73 bits per heavy atom. The van der Waals surface area contributed by atoms with Crippen molar-refractivity contribution in [1.29, 1.82) is 0 Å². The first-order valence-corrected chi connectivity index (χ1v) is 10.7. The lowest BCUT2D eigenvalue weighted by Crippen LogP contribution is -2.33. The fourth-order valence-electron chi connectivity index (χ4n) is 3.60. The van der Waals surface area contributed by atoms with E-state index in [2.05, 4.69) is 20.9 Å². The number of fused-ring (bicyclic) bond motifs is 1. The highest BCUT2D eigenvalue weighted by atomic mass is 16.5. The molecule has 2 aliphatic heterocycles. The van der Waals surface area contributed by atoms with Crippen molar-refractivity contribution in [1.82, 2.24) is 10.6 Å². The van der Waals surface area contributed by atoms with Crippen LogP contribution in [0, 0.1) is 0 Å². The van der Waals surface area contributed by atoms with E-state index in [4.69, 9.17) is 9.47 Å². The van der Waals surface area contributed by atoms with Crippen molar-refractivity contribution in [2.75, 3.05) is 31.6 Å². The molecule has 3 amide bonds. The summed E-state index contributed by atoms with van der Waals surface area (Å²) in [6, 6.07) is 13.9. The summed E-state index contributed by atoms with van der Waals surface area (Å²) in [6.07, 6.45) is 0.918. The third-order valence-corrected chi connectivity index (χ3v) is 5.23. The maximum absolute atomic E-state index is 12.5. The predicted octanol–water partition coefficient (Wildman–Crippen LogP) is 1.98. The number of hydrogen-bond donors (Lipinski definition) is 4. The van der Waals surface area contributed by atoms with E-state index in [0.717, 1.165) is 5.75 Å². The largest absolute Gasteiger partial charge is 0.492 e. The minimum Gasteiger partial charge on any atom is -0.492 e. The molecule has 4 N–H and O–H groups in total. The molecule has 2 aromatic rings. The van der Waals surface area contributed by atoms with Gasteiger partial charge in [-0.1, -0.05) is 24.3 Å². The first-order chi connectivity index (χ1) is 16.0. The van der Waals surface area contributed by atoms with E-state index in [1.807, 2.05) is 30.3 Å². The molecular formula is C24H26N4O5. The van der Waals surface area contributed by atoms with Gasteiger partial charge in [0.1, 0.15) is 30.8 Å². The number of aliphatic imine (C=N–C) groups is 1. The monoisotopic (exact) mass is 450 g/mol. The molecule has 0 saturated heterocycles. The van der Waals surface area contributed by atoms with Crippen LogP contribution in [0.25, 0.3) is 5.57 Å². The van der Waals surface area contributed by atoms with E-state index in [-0.39, 0.29) is 12.5 Å². The zero-order valence-electron chi connectivity index (χ0n) is 18.2. The van der Waals surface area contributed by atoms with Crippen molar-refractivity contribution in [2.24, 2.45) is 4.99 Å². The lowest BCUT2D eigenvalue weighted by atomic mass is 10.0. The molecule has 2 aromatic carbocycles. The Labute approximate surface area is 191 Å². The number of amides is 3. The highest BCUT2D eigenvalue weighted by molar-refractivity contribution is 6.33. The molecule has 0 saturated carbocycles. The molecule has 0 radical (unpaired) electrons. The molecule has 0 bridgehead atoms. The maximum Gasteiger partial charge on any atom is 0.341 e. The molecule has 4 rings (SSSR count). The van der Waals surface area contributed by atoms with Crippen molar-refractivity contribution in [3.8, 4) is 11.5 Å². The molecule has 2 unspecified atom stereocenters. The summed E-state index contributed by atoms with van der Waals surface area (Å²) in [5.74, 6) is 0.991. The number of nitrogens with one attached hydrogen (secondary N) is 3. The van der Waals surface area contributed by atoms with Crippen LogP contribution in [0.4, 0.5) is 10.5 Å². The number of anilines is 1. The van der Waals surface area contributed by atoms with Gasteiger partial charge in [-0.25, -0.2) is 9.79 Å². The van der Waals surface area contributed by atoms with Gasteiger partial charge in [0, 0.05) is 18.8 Å². The van der Waals surface area contributed by atoms with Crippen molar-refractivity contribution in [2.45, 2.75) is 19.1 Å². The number of para-hydroxylation sites is 1. The smallest absolute Gasteiger partial charge is 0.341 e. The maximum atomic E-state index is 12.5. The molecule has 172 valence electrons. The van der Waals surface area contributed by atoms with Crippen LogP contribution in [-0.2, 0) is 4.79 Å². The Bertz CT molecular complexity index is 1080. The zero-order valence-corrected chi connectivity index (χ0v) is 18.2. The molecule has 2 heterocycles. The van der Waals surface area contributed by atoms with Crippen molar-refractivity contribution in [3.63, 3.8) is 0 Å². The normalized spacial score (nSPS) is 19.0. The quantitative estimate of drug-likeness (QED) is 0.324. The number of aliphatic hydroxyl groups excluding tert-OH is 1. The van der Waals surface area contributed by atoms with Gasteiger partial charge in [-0.2, -0.15) is 0 Å². The SMILES string of the molecule is CC1=NC(=O)NC1C=C1C(=O)Nc2cccc(OCC(O)CNCCOc3ccccc3)c21. The summed E-state index contributed by atoms with van der Waals surface area (Å²) in [5.41, 5.74) is 2.21. The van der Waals surface area contributed by atoms with Crippen LogP contribution in [0.3, 0.4) is 0 Å². The number of nitrogens with zero attached hydrogens (tertiary/aromatic N) is 1. The summed E-state index contributed by atoms with van der Waals surface area (Å²) in [5, 5.41) is 18.9. The number of ether oxygens (including phenoxy) is 2. The minimum atomic E-state index is -0.751. The number of aliphatic hydroxyl groups is 1. The average Bonchev–Trinajstić information content (AvgIpc) is 3.30. The second-order valence-electron chi connectivity index (χ2n) is 7.72. The molecule has 0 aliphatic carbocycles. The van der Waals surface area contributed by atoms with Crippen LogP contribution < -0.4 is 25.4 Å². The topological polar surface area (TPSA) is 121 Å². The van der Waals surface area contributed by atoms with Crippen molar-refractivity contribution < 1.29 is 24.2 Å². The molecule has 0 aromatic heterocycles. The van der Waals surface area contributed by atoms with Gasteiger partial charge >= 0.3 is 6.03 Å². The second kappa shape index (κ2) is 10.3. The van der Waals surface area contributed by atoms with Gasteiger partial charge in [-0.3, -0.25) is 4.79 Å². The van der Waals surface area contributed by atoms with Gasteiger partial charge in [0.15, 0.2) is 0 Å².